The molecular weight excluding hydrogens is 214 g/mol. The molecule has 1 rings (SSSR count). The lowest BCUT2D eigenvalue weighted by atomic mass is 9.74. The molecular formula is C13H27N3O. The Bertz CT molecular complexity index is 247. The molecule has 0 aromatic rings. The maximum absolute atomic E-state index is 10.8. The molecule has 0 radical (unpaired) electrons. The highest BCUT2D eigenvalue weighted by molar-refractivity contribution is 5.73. The fourth-order valence-electron chi connectivity index (χ4n) is 2.88. The van der Waals surface area contributed by atoms with Crippen LogP contribution in [0, 0.1) is 5.92 Å². The Labute approximate surface area is 105 Å². The van der Waals surface area contributed by atoms with E-state index in [4.69, 9.17) is 11.5 Å². The molecule has 0 spiro atoms. The highest BCUT2D eigenvalue weighted by Crippen LogP contribution is 2.36. The summed E-state index contributed by atoms with van der Waals surface area (Å²) in [5.41, 5.74) is 11.3. The van der Waals surface area contributed by atoms with Crippen LogP contribution in [-0.2, 0) is 4.79 Å². The first-order valence-corrected chi connectivity index (χ1v) is 6.73. The van der Waals surface area contributed by atoms with Crippen molar-refractivity contribution in [3.63, 3.8) is 0 Å². The number of nitrogens with two attached hydrogens (primary N) is 2. The van der Waals surface area contributed by atoms with Crippen LogP contribution in [0.25, 0.3) is 0 Å². The SMILES string of the molecule is CCC1CCC(CN)(N(C)CCC(N)=O)CC1. The summed E-state index contributed by atoms with van der Waals surface area (Å²) in [6.45, 7) is 3.67. The number of primary amides is 1. The number of rotatable bonds is 6. The molecule has 0 heterocycles. The minimum atomic E-state index is -0.230. The van der Waals surface area contributed by atoms with E-state index in [0.717, 1.165) is 25.3 Å². The first-order chi connectivity index (χ1) is 8.04. The van der Waals surface area contributed by atoms with E-state index in [1.165, 1.54) is 19.3 Å². The quantitative estimate of drug-likeness (QED) is 0.731. The van der Waals surface area contributed by atoms with Gasteiger partial charge in [0, 0.05) is 25.0 Å². The van der Waals surface area contributed by atoms with Gasteiger partial charge in [-0.3, -0.25) is 9.69 Å². The zero-order valence-electron chi connectivity index (χ0n) is 11.2. The maximum Gasteiger partial charge on any atom is 0.218 e. The lowest BCUT2D eigenvalue weighted by Gasteiger charge is -2.46. The third kappa shape index (κ3) is 3.68. The lowest BCUT2D eigenvalue weighted by Crippen LogP contribution is -2.54. The number of carbonyl (C=O) groups excluding carboxylic acids is 1. The van der Waals surface area contributed by atoms with E-state index in [-0.39, 0.29) is 11.4 Å². The van der Waals surface area contributed by atoms with Crippen LogP contribution in [0.2, 0.25) is 0 Å². The molecule has 0 bridgehead atoms. The Morgan fingerprint density at radius 1 is 1.41 bits per heavy atom. The van der Waals surface area contributed by atoms with Crippen LogP contribution in [0.4, 0.5) is 0 Å². The first-order valence-electron chi connectivity index (χ1n) is 6.73. The minimum absolute atomic E-state index is 0.0983. The number of carbonyl (C=O) groups is 1. The van der Waals surface area contributed by atoms with Crippen LogP contribution >= 0.6 is 0 Å². The van der Waals surface area contributed by atoms with Crippen LogP contribution in [0.1, 0.15) is 45.4 Å². The molecule has 1 fully saturated rings. The summed E-state index contributed by atoms with van der Waals surface area (Å²) in [7, 11) is 2.07. The van der Waals surface area contributed by atoms with Gasteiger partial charge in [-0.1, -0.05) is 13.3 Å². The molecule has 0 aromatic carbocycles. The third-order valence-corrected chi connectivity index (χ3v) is 4.50. The number of hydrogen-bond acceptors (Lipinski definition) is 3. The van der Waals surface area contributed by atoms with Gasteiger partial charge in [0.25, 0.3) is 0 Å². The number of nitrogens with zero attached hydrogens (tertiary/aromatic N) is 1. The van der Waals surface area contributed by atoms with Gasteiger partial charge >= 0.3 is 0 Å². The average molecular weight is 241 g/mol. The van der Waals surface area contributed by atoms with Gasteiger partial charge in [-0.05, 0) is 38.6 Å². The lowest BCUT2D eigenvalue weighted by molar-refractivity contribution is -0.118. The maximum atomic E-state index is 10.8. The van der Waals surface area contributed by atoms with Crippen LogP contribution in [0.15, 0.2) is 0 Å². The van der Waals surface area contributed by atoms with E-state index < -0.39 is 0 Å². The van der Waals surface area contributed by atoms with E-state index in [0.29, 0.717) is 13.0 Å². The van der Waals surface area contributed by atoms with Gasteiger partial charge in [-0.25, -0.2) is 0 Å². The zero-order valence-corrected chi connectivity index (χ0v) is 11.2. The molecule has 0 atom stereocenters. The summed E-state index contributed by atoms with van der Waals surface area (Å²) in [4.78, 5) is 13.1. The standard InChI is InChI=1S/C13H27N3O/c1-3-11-4-7-13(10-14,8-5-11)16(2)9-6-12(15)17/h11H,3-10,14H2,1-2H3,(H2,15,17). The summed E-state index contributed by atoms with van der Waals surface area (Å²) in [5.74, 6) is 0.630. The van der Waals surface area contributed by atoms with Crippen molar-refractivity contribution in [3.05, 3.63) is 0 Å². The predicted octanol–water partition coefficient (Wildman–Crippen LogP) is 1.09. The third-order valence-electron chi connectivity index (χ3n) is 4.50. The van der Waals surface area contributed by atoms with Crippen LogP contribution < -0.4 is 11.5 Å². The molecule has 0 unspecified atom stereocenters. The van der Waals surface area contributed by atoms with Gasteiger partial charge < -0.3 is 11.5 Å². The Morgan fingerprint density at radius 3 is 2.41 bits per heavy atom. The molecule has 1 aliphatic carbocycles. The Hall–Kier alpha value is -0.610. The second-order valence-electron chi connectivity index (χ2n) is 5.42. The summed E-state index contributed by atoms with van der Waals surface area (Å²) < 4.78 is 0. The summed E-state index contributed by atoms with van der Waals surface area (Å²) >= 11 is 0. The summed E-state index contributed by atoms with van der Waals surface area (Å²) in [6, 6.07) is 0. The van der Waals surface area contributed by atoms with Gasteiger partial charge in [0.1, 0.15) is 0 Å². The molecule has 1 saturated carbocycles. The second kappa shape index (κ2) is 6.36. The summed E-state index contributed by atoms with van der Waals surface area (Å²) in [5, 5.41) is 0. The fraction of sp³-hybridized carbons (Fsp3) is 0.923. The smallest absolute Gasteiger partial charge is 0.218 e. The number of amides is 1. The van der Waals surface area contributed by atoms with E-state index in [2.05, 4.69) is 18.9 Å². The van der Waals surface area contributed by atoms with Gasteiger partial charge in [0.15, 0.2) is 0 Å². The molecule has 1 aliphatic rings. The minimum Gasteiger partial charge on any atom is -0.370 e. The topological polar surface area (TPSA) is 72.3 Å². The molecule has 100 valence electrons. The molecule has 4 N–H and O–H groups in total. The highest BCUT2D eigenvalue weighted by atomic mass is 16.1. The second-order valence-corrected chi connectivity index (χ2v) is 5.42. The molecule has 0 aromatic heterocycles. The zero-order chi connectivity index (χ0) is 12.9. The number of likely N-dealkylation sites (N-methyl/N-ethyl adjacent to an activating group) is 1. The molecule has 17 heavy (non-hydrogen) atoms. The van der Waals surface area contributed by atoms with E-state index >= 15 is 0 Å². The van der Waals surface area contributed by atoms with Crippen LogP contribution in [-0.4, -0.2) is 36.5 Å². The largest absolute Gasteiger partial charge is 0.370 e. The number of hydrogen-bond donors (Lipinski definition) is 2. The van der Waals surface area contributed by atoms with Crippen molar-refractivity contribution in [3.8, 4) is 0 Å². The van der Waals surface area contributed by atoms with Crippen molar-refractivity contribution in [1.82, 2.24) is 4.90 Å². The van der Waals surface area contributed by atoms with Gasteiger partial charge in [0.2, 0.25) is 5.91 Å². The van der Waals surface area contributed by atoms with Crippen LogP contribution in [0.5, 0.6) is 0 Å². The molecule has 4 heteroatoms. The molecule has 0 aliphatic heterocycles. The molecule has 0 saturated heterocycles. The fourth-order valence-corrected chi connectivity index (χ4v) is 2.88. The van der Waals surface area contributed by atoms with Crippen LogP contribution in [0.3, 0.4) is 0 Å². The van der Waals surface area contributed by atoms with Crippen molar-refractivity contribution >= 4 is 5.91 Å². The van der Waals surface area contributed by atoms with Gasteiger partial charge in [-0.2, -0.15) is 0 Å². The Kier molecular flexibility index (Phi) is 5.40. The average Bonchev–Trinajstić information content (AvgIpc) is 2.35. The normalized spacial score (nSPS) is 29.5. The van der Waals surface area contributed by atoms with Crippen molar-refractivity contribution in [2.45, 2.75) is 51.0 Å². The Balaban J connectivity index is 2.53. The predicted molar refractivity (Wildman–Crippen MR) is 70.5 cm³/mol. The first kappa shape index (κ1) is 14.5. The van der Waals surface area contributed by atoms with Crippen molar-refractivity contribution in [1.29, 1.82) is 0 Å². The van der Waals surface area contributed by atoms with E-state index in [1.54, 1.807) is 0 Å². The molecule has 4 nitrogen and oxygen atoms in total. The summed E-state index contributed by atoms with van der Waals surface area (Å²) in [6.07, 6.45) is 6.51. The molecule has 1 amide bonds. The Morgan fingerprint density at radius 2 is 2.00 bits per heavy atom. The van der Waals surface area contributed by atoms with Gasteiger partial charge in [0.05, 0.1) is 0 Å². The monoisotopic (exact) mass is 241 g/mol. The van der Waals surface area contributed by atoms with E-state index in [9.17, 15) is 4.79 Å². The van der Waals surface area contributed by atoms with E-state index in [1.807, 2.05) is 0 Å². The van der Waals surface area contributed by atoms with Crippen molar-refractivity contribution in [2.75, 3.05) is 20.1 Å². The van der Waals surface area contributed by atoms with Crippen molar-refractivity contribution in [2.24, 2.45) is 17.4 Å². The highest BCUT2D eigenvalue weighted by Gasteiger charge is 2.36. The van der Waals surface area contributed by atoms with Gasteiger partial charge in [-0.15, -0.1) is 0 Å². The van der Waals surface area contributed by atoms with Crippen molar-refractivity contribution < 1.29 is 4.79 Å².